The molecule has 2 aliphatic rings. The predicted molar refractivity (Wildman–Crippen MR) is 82.8 cm³/mol. The van der Waals surface area contributed by atoms with Gasteiger partial charge in [-0.15, -0.1) is 0 Å². The van der Waals surface area contributed by atoms with E-state index < -0.39 is 10.0 Å². The van der Waals surface area contributed by atoms with E-state index in [-0.39, 0.29) is 16.9 Å². The molecule has 22 heavy (non-hydrogen) atoms. The number of piperidine rings is 1. The van der Waals surface area contributed by atoms with Gasteiger partial charge in [0.05, 0.1) is 18.1 Å². The molecule has 7 heteroatoms. The number of nitrogens with one attached hydrogen (secondary N) is 2. The monoisotopic (exact) mass is 326 g/mol. The van der Waals surface area contributed by atoms with Crippen LogP contribution >= 0.6 is 0 Å². The summed E-state index contributed by atoms with van der Waals surface area (Å²) in [4.78, 5) is 0.225. The van der Waals surface area contributed by atoms with Gasteiger partial charge in [0.25, 0.3) is 0 Å². The molecule has 2 N–H and O–H groups in total. The molecule has 0 spiro atoms. The molecule has 0 amide bonds. The van der Waals surface area contributed by atoms with Crippen LogP contribution in [-0.4, -0.2) is 40.8 Å². The maximum Gasteiger partial charge on any atom is 0.240 e. The molecule has 2 unspecified atom stereocenters. The van der Waals surface area contributed by atoms with Crippen LogP contribution < -0.4 is 19.5 Å². The van der Waals surface area contributed by atoms with E-state index in [2.05, 4.69) is 10.0 Å². The third kappa shape index (κ3) is 3.37. The lowest BCUT2D eigenvalue weighted by atomic mass is 9.97. The van der Waals surface area contributed by atoms with Crippen LogP contribution in [0.2, 0.25) is 0 Å². The van der Waals surface area contributed by atoms with Crippen LogP contribution in [0.15, 0.2) is 23.1 Å². The molecular formula is C15H22N2O4S. The van der Waals surface area contributed by atoms with Gasteiger partial charge in [0.1, 0.15) is 0 Å². The van der Waals surface area contributed by atoms with E-state index in [0.717, 1.165) is 25.9 Å². The standard InChI is InChI=1S/C15H22N2O4S/c1-11-10-16-6-5-13(11)17-22(18,19)12-3-4-14-15(9-12)21-8-2-7-20-14/h3-4,9,11,13,16-17H,2,5-8,10H2,1H3. The first kappa shape index (κ1) is 15.6. The van der Waals surface area contributed by atoms with Crippen LogP contribution in [0.25, 0.3) is 0 Å². The normalized spacial score (nSPS) is 25.5. The molecule has 122 valence electrons. The van der Waals surface area contributed by atoms with E-state index >= 15 is 0 Å². The zero-order valence-electron chi connectivity index (χ0n) is 12.7. The topological polar surface area (TPSA) is 76.7 Å². The van der Waals surface area contributed by atoms with E-state index in [0.29, 0.717) is 24.7 Å². The number of benzene rings is 1. The predicted octanol–water partition coefficient (Wildman–Crippen LogP) is 1.12. The second kappa shape index (κ2) is 6.44. The van der Waals surface area contributed by atoms with E-state index in [1.165, 1.54) is 0 Å². The van der Waals surface area contributed by atoms with E-state index in [1.54, 1.807) is 18.2 Å². The van der Waals surface area contributed by atoms with Gasteiger partial charge in [-0.25, -0.2) is 13.1 Å². The van der Waals surface area contributed by atoms with Crippen molar-refractivity contribution in [3.8, 4) is 11.5 Å². The van der Waals surface area contributed by atoms with Crippen molar-refractivity contribution in [2.45, 2.75) is 30.7 Å². The minimum Gasteiger partial charge on any atom is -0.490 e. The minimum absolute atomic E-state index is 0.0396. The Labute approximate surface area is 131 Å². The van der Waals surface area contributed by atoms with Gasteiger partial charge < -0.3 is 14.8 Å². The first-order valence-corrected chi connectivity index (χ1v) is 9.17. The molecule has 0 bridgehead atoms. The van der Waals surface area contributed by atoms with Gasteiger partial charge in [0, 0.05) is 18.5 Å². The number of sulfonamides is 1. The number of hydrogen-bond acceptors (Lipinski definition) is 5. The first-order valence-electron chi connectivity index (χ1n) is 7.69. The molecule has 1 saturated heterocycles. The lowest BCUT2D eigenvalue weighted by Gasteiger charge is -2.30. The van der Waals surface area contributed by atoms with Crippen molar-refractivity contribution < 1.29 is 17.9 Å². The van der Waals surface area contributed by atoms with Gasteiger partial charge >= 0.3 is 0 Å². The Morgan fingerprint density at radius 2 is 2.00 bits per heavy atom. The number of rotatable bonds is 3. The summed E-state index contributed by atoms with van der Waals surface area (Å²) in [6.45, 7) is 4.83. The molecule has 0 saturated carbocycles. The summed E-state index contributed by atoms with van der Waals surface area (Å²) >= 11 is 0. The van der Waals surface area contributed by atoms with E-state index in [4.69, 9.17) is 9.47 Å². The highest BCUT2D eigenvalue weighted by Gasteiger charge is 2.27. The largest absolute Gasteiger partial charge is 0.490 e. The van der Waals surface area contributed by atoms with Crippen LogP contribution in [-0.2, 0) is 10.0 Å². The molecule has 3 rings (SSSR count). The fraction of sp³-hybridized carbons (Fsp3) is 0.600. The molecule has 1 aromatic rings. The zero-order chi connectivity index (χ0) is 15.6. The highest BCUT2D eigenvalue weighted by Crippen LogP contribution is 2.32. The molecule has 6 nitrogen and oxygen atoms in total. The lowest BCUT2D eigenvalue weighted by molar-refractivity contribution is 0.296. The Kier molecular flexibility index (Phi) is 4.56. The molecule has 0 aliphatic carbocycles. The SMILES string of the molecule is CC1CNCCC1NS(=O)(=O)c1ccc2c(c1)OCCCO2. The lowest BCUT2D eigenvalue weighted by Crippen LogP contribution is -2.48. The second-order valence-electron chi connectivity index (χ2n) is 5.86. The van der Waals surface area contributed by atoms with Gasteiger partial charge in [-0.05, 0) is 37.6 Å². The first-order chi connectivity index (χ1) is 10.6. The third-order valence-corrected chi connectivity index (χ3v) is 5.61. The van der Waals surface area contributed by atoms with Gasteiger partial charge in [-0.3, -0.25) is 0 Å². The third-order valence-electron chi connectivity index (χ3n) is 4.12. The Morgan fingerprint density at radius 3 is 2.77 bits per heavy atom. The fourth-order valence-electron chi connectivity index (χ4n) is 2.77. The van der Waals surface area contributed by atoms with Gasteiger partial charge in [0.2, 0.25) is 10.0 Å². The van der Waals surface area contributed by atoms with Crippen LogP contribution in [0, 0.1) is 5.92 Å². The molecule has 0 radical (unpaired) electrons. The second-order valence-corrected chi connectivity index (χ2v) is 7.57. The van der Waals surface area contributed by atoms with Crippen LogP contribution in [0.4, 0.5) is 0 Å². The van der Waals surface area contributed by atoms with Gasteiger partial charge in [0.15, 0.2) is 11.5 Å². The Hall–Kier alpha value is -1.31. The van der Waals surface area contributed by atoms with Crippen molar-refractivity contribution in [1.82, 2.24) is 10.0 Å². The van der Waals surface area contributed by atoms with Crippen LogP contribution in [0.5, 0.6) is 11.5 Å². The number of fused-ring (bicyclic) bond motifs is 1. The molecule has 2 heterocycles. The average Bonchev–Trinajstić information content (AvgIpc) is 2.74. The van der Waals surface area contributed by atoms with Crippen LogP contribution in [0.1, 0.15) is 19.8 Å². The van der Waals surface area contributed by atoms with Crippen molar-refractivity contribution in [2.24, 2.45) is 5.92 Å². The van der Waals surface area contributed by atoms with E-state index in [1.807, 2.05) is 6.92 Å². The Morgan fingerprint density at radius 1 is 1.23 bits per heavy atom. The summed E-state index contributed by atoms with van der Waals surface area (Å²) in [6, 6.07) is 4.75. The summed E-state index contributed by atoms with van der Waals surface area (Å²) in [6.07, 6.45) is 1.59. The quantitative estimate of drug-likeness (QED) is 0.871. The summed E-state index contributed by atoms with van der Waals surface area (Å²) in [5.41, 5.74) is 0. The number of ether oxygens (including phenoxy) is 2. The summed E-state index contributed by atoms with van der Waals surface area (Å²) in [7, 11) is -3.55. The van der Waals surface area contributed by atoms with Crippen molar-refractivity contribution in [3.63, 3.8) is 0 Å². The van der Waals surface area contributed by atoms with Crippen molar-refractivity contribution in [2.75, 3.05) is 26.3 Å². The van der Waals surface area contributed by atoms with Crippen molar-refractivity contribution in [1.29, 1.82) is 0 Å². The van der Waals surface area contributed by atoms with Crippen molar-refractivity contribution >= 4 is 10.0 Å². The Balaban J connectivity index is 1.81. The maximum atomic E-state index is 12.6. The molecule has 2 aliphatic heterocycles. The van der Waals surface area contributed by atoms with Crippen molar-refractivity contribution in [3.05, 3.63) is 18.2 Å². The van der Waals surface area contributed by atoms with Gasteiger partial charge in [-0.1, -0.05) is 6.92 Å². The summed E-state index contributed by atoms with van der Waals surface area (Å²) in [5.74, 6) is 1.37. The molecule has 1 fully saturated rings. The maximum absolute atomic E-state index is 12.6. The highest BCUT2D eigenvalue weighted by atomic mass is 32.2. The van der Waals surface area contributed by atoms with Crippen LogP contribution in [0.3, 0.4) is 0 Å². The molecule has 2 atom stereocenters. The zero-order valence-corrected chi connectivity index (χ0v) is 13.5. The average molecular weight is 326 g/mol. The minimum atomic E-state index is -3.55. The Bertz CT molecular complexity index is 632. The molecular weight excluding hydrogens is 304 g/mol. The summed E-state index contributed by atoms with van der Waals surface area (Å²) < 4.78 is 39.1. The number of hydrogen-bond donors (Lipinski definition) is 2. The van der Waals surface area contributed by atoms with Gasteiger partial charge in [-0.2, -0.15) is 0 Å². The summed E-state index contributed by atoms with van der Waals surface area (Å²) in [5, 5.41) is 3.27. The smallest absolute Gasteiger partial charge is 0.240 e. The highest BCUT2D eigenvalue weighted by molar-refractivity contribution is 7.89. The van der Waals surface area contributed by atoms with E-state index in [9.17, 15) is 8.42 Å². The molecule has 0 aromatic heterocycles. The fourth-order valence-corrected chi connectivity index (χ4v) is 4.16. The molecule has 1 aromatic carbocycles.